The van der Waals surface area contributed by atoms with Gasteiger partial charge in [-0.3, -0.25) is 4.79 Å². The molecule has 1 rings (SSSR count). The molecule has 0 aromatic heterocycles. The molecule has 5 heteroatoms. The Bertz CT molecular complexity index is 333. The summed E-state index contributed by atoms with van der Waals surface area (Å²) in [4.78, 5) is 22.6. The van der Waals surface area contributed by atoms with Crippen LogP contribution in [0, 0.1) is 17.8 Å². The fraction of sp³-hybridized carbons (Fsp3) is 0.867. The summed E-state index contributed by atoms with van der Waals surface area (Å²) in [6.45, 7) is 6.79. The SMILES string of the molecule is CCC(CNC(=O)NC1CCCC(C)C1C)CC(=O)O. The molecule has 2 amide bonds. The van der Waals surface area contributed by atoms with Crippen LogP contribution in [0.3, 0.4) is 0 Å². The van der Waals surface area contributed by atoms with Gasteiger partial charge in [-0.2, -0.15) is 0 Å². The van der Waals surface area contributed by atoms with Gasteiger partial charge >= 0.3 is 12.0 Å². The highest BCUT2D eigenvalue weighted by atomic mass is 16.4. The van der Waals surface area contributed by atoms with Crippen molar-refractivity contribution < 1.29 is 14.7 Å². The summed E-state index contributed by atoms with van der Waals surface area (Å²) >= 11 is 0. The van der Waals surface area contributed by atoms with Crippen LogP contribution in [0.4, 0.5) is 4.79 Å². The highest BCUT2D eigenvalue weighted by molar-refractivity contribution is 5.74. The molecule has 5 nitrogen and oxygen atoms in total. The second-order valence-electron chi connectivity index (χ2n) is 6.10. The van der Waals surface area contributed by atoms with Crippen molar-refractivity contribution in [2.24, 2.45) is 17.8 Å². The second kappa shape index (κ2) is 8.12. The zero-order chi connectivity index (χ0) is 15.1. The van der Waals surface area contributed by atoms with Gasteiger partial charge in [0.15, 0.2) is 0 Å². The van der Waals surface area contributed by atoms with Crippen molar-refractivity contribution in [2.45, 2.75) is 58.9 Å². The Hall–Kier alpha value is -1.26. The van der Waals surface area contributed by atoms with Gasteiger partial charge < -0.3 is 15.7 Å². The summed E-state index contributed by atoms with van der Waals surface area (Å²) < 4.78 is 0. The molecule has 0 aromatic rings. The summed E-state index contributed by atoms with van der Waals surface area (Å²) in [5.74, 6) is 0.328. The third kappa shape index (κ3) is 5.39. The standard InChI is InChI=1S/C15H28N2O3/c1-4-12(8-14(18)19)9-16-15(20)17-13-7-5-6-10(2)11(13)3/h10-13H,4-9H2,1-3H3,(H,18,19)(H2,16,17,20). The van der Waals surface area contributed by atoms with Crippen LogP contribution in [0.5, 0.6) is 0 Å². The van der Waals surface area contributed by atoms with Gasteiger partial charge in [0, 0.05) is 19.0 Å². The Kier molecular flexibility index (Phi) is 6.82. The first-order chi connectivity index (χ1) is 9.43. The Morgan fingerprint density at radius 3 is 2.60 bits per heavy atom. The minimum absolute atomic E-state index is 0.000882. The molecule has 0 heterocycles. The van der Waals surface area contributed by atoms with Crippen LogP contribution in [0.25, 0.3) is 0 Å². The van der Waals surface area contributed by atoms with Gasteiger partial charge in [-0.1, -0.05) is 40.0 Å². The molecule has 0 bridgehead atoms. The van der Waals surface area contributed by atoms with Crippen LogP contribution in [0.2, 0.25) is 0 Å². The van der Waals surface area contributed by atoms with Crippen molar-refractivity contribution in [1.82, 2.24) is 10.6 Å². The molecule has 1 aliphatic carbocycles. The predicted octanol–water partition coefficient (Wildman–Crippen LogP) is 2.61. The lowest BCUT2D eigenvalue weighted by Crippen LogP contribution is -2.48. The van der Waals surface area contributed by atoms with Crippen LogP contribution >= 0.6 is 0 Å². The molecule has 1 saturated carbocycles. The molecule has 1 fully saturated rings. The summed E-state index contributed by atoms with van der Waals surface area (Å²) in [5, 5.41) is 14.6. The molecule has 0 spiro atoms. The summed E-state index contributed by atoms with van der Waals surface area (Å²) in [7, 11) is 0. The number of nitrogens with one attached hydrogen (secondary N) is 2. The maximum Gasteiger partial charge on any atom is 0.315 e. The number of carbonyl (C=O) groups excluding carboxylic acids is 1. The molecule has 116 valence electrons. The largest absolute Gasteiger partial charge is 0.481 e. The van der Waals surface area contributed by atoms with Gasteiger partial charge in [-0.15, -0.1) is 0 Å². The Balaban J connectivity index is 2.33. The van der Waals surface area contributed by atoms with Crippen LogP contribution in [-0.2, 0) is 4.79 Å². The first-order valence-corrected chi connectivity index (χ1v) is 7.70. The molecule has 0 saturated heterocycles. The normalized spacial score (nSPS) is 27.6. The van der Waals surface area contributed by atoms with Crippen LogP contribution in [0.15, 0.2) is 0 Å². The number of hydrogen-bond donors (Lipinski definition) is 3. The molecular weight excluding hydrogens is 256 g/mol. The van der Waals surface area contributed by atoms with Crippen molar-refractivity contribution in [2.75, 3.05) is 6.54 Å². The molecular formula is C15H28N2O3. The summed E-state index contributed by atoms with van der Waals surface area (Å²) in [6, 6.07) is 0.0677. The van der Waals surface area contributed by atoms with E-state index in [4.69, 9.17) is 5.11 Å². The highest BCUT2D eigenvalue weighted by Crippen LogP contribution is 2.29. The number of carboxylic acids is 1. The van der Waals surface area contributed by atoms with E-state index < -0.39 is 5.97 Å². The zero-order valence-corrected chi connectivity index (χ0v) is 12.8. The van der Waals surface area contributed by atoms with E-state index in [1.165, 1.54) is 6.42 Å². The molecule has 20 heavy (non-hydrogen) atoms. The average Bonchev–Trinajstić information content (AvgIpc) is 2.39. The zero-order valence-electron chi connectivity index (χ0n) is 12.8. The average molecular weight is 284 g/mol. The van der Waals surface area contributed by atoms with E-state index in [1.54, 1.807) is 0 Å². The number of urea groups is 1. The summed E-state index contributed by atoms with van der Waals surface area (Å²) in [5.41, 5.74) is 0. The van der Waals surface area contributed by atoms with Gasteiger partial charge in [0.1, 0.15) is 0 Å². The lowest BCUT2D eigenvalue weighted by Gasteiger charge is -2.34. The van der Waals surface area contributed by atoms with Crippen LogP contribution in [0.1, 0.15) is 52.9 Å². The highest BCUT2D eigenvalue weighted by Gasteiger charge is 2.28. The Morgan fingerprint density at radius 2 is 2.00 bits per heavy atom. The molecule has 1 aliphatic rings. The van der Waals surface area contributed by atoms with E-state index in [-0.39, 0.29) is 24.4 Å². The van der Waals surface area contributed by atoms with Crippen molar-refractivity contribution in [3.8, 4) is 0 Å². The number of amides is 2. The van der Waals surface area contributed by atoms with Crippen molar-refractivity contribution in [3.05, 3.63) is 0 Å². The quantitative estimate of drug-likeness (QED) is 0.701. The number of carboxylic acid groups (broad SMARTS) is 1. The molecule has 0 aromatic carbocycles. The van der Waals surface area contributed by atoms with E-state index >= 15 is 0 Å². The fourth-order valence-electron chi connectivity index (χ4n) is 2.85. The Labute approximate surface area is 121 Å². The smallest absolute Gasteiger partial charge is 0.315 e. The number of rotatable bonds is 6. The van der Waals surface area contributed by atoms with Gasteiger partial charge in [0.2, 0.25) is 0 Å². The van der Waals surface area contributed by atoms with E-state index in [0.717, 1.165) is 19.3 Å². The number of hydrogen-bond acceptors (Lipinski definition) is 2. The minimum Gasteiger partial charge on any atom is -0.481 e. The molecule has 0 radical (unpaired) electrons. The summed E-state index contributed by atoms with van der Waals surface area (Å²) in [6.07, 6.45) is 4.28. The van der Waals surface area contributed by atoms with Crippen molar-refractivity contribution in [3.63, 3.8) is 0 Å². The van der Waals surface area contributed by atoms with E-state index in [1.807, 2.05) is 6.92 Å². The molecule has 0 aliphatic heterocycles. The third-order valence-corrected chi connectivity index (χ3v) is 4.62. The van der Waals surface area contributed by atoms with Crippen molar-refractivity contribution >= 4 is 12.0 Å². The van der Waals surface area contributed by atoms with Crippen molar-refractivity contribution in [1.29, 1.82) is 0 Å². The third-order valence-electron chi connectivity index (χ3n) is 4.62. The second-order valence-corrected chi connectivity index (χ2v) is 6.10. The molecule has 4 atom stereocenters. The lowest BCUT2D eigenvalue weighted by atomic mass is 9.78. The number of carbonyl (C=O) groups is 2. The minimum atomic E-state index is -0.811. The van der Waals surface area contributed by atoms with Gasteiger partial charge in [-0.25, -0.2) is 4.79 Å². The maximum atomic E-state index is 11.9. The van der Waals surface area contributed by atoms with Gasteiger partial charge in [-0.05, 0) is 24.2 Å². The first-order valence-electron chi connectivity index (χ1n) is 7.70. The van der Waals surface area contributed by atoms with Crippen LogP contribution in [-0.4, -0.2) is 29.7 Å². The predicted molar refractivity (Wildman–Crippen MR) is 78.5 cm³/mol. The fourth-order valence-corrected chi connectivity index (χ4v) is 2.85. The van der Waals surface area contributed by atoms with E-state index in [9.17, 15) is 9.59 Å². The first kappa shape index (κ1) is 16.8. The maximum absolute atomic E-state index is 11.9. The van der Waals surface area contributed by atoms with Gasteiger partial charge in [0.05, 0.1) is 0 Å². The molecule has 3 N–H and O–H groups in total. The Morgan fingerprint density at radius 1 is 1.30 bits per heavy atom. The molecule has 4 unspecified atom stereocenters. The monoisotopic (exact) mass is 284 g/mol. The lowest BCUT2D eigenvalue weighted by molar-refractivity contribution is -0.138. The number of aliphatic carboxylic acids is 1. The van der Waals surface area contributed by atoms with Gasteiger partial charge in [0.25, 0.3) is 0 Å². The van der Waals surface area contributed by atoms with E-state index in [2.05, 4.69) is 24.5 Å². The van der Waals surface area contributed by atoms with E-state index in [0.29, 0.717) is 18.4 Å². The van der Waals surface area contributed by atoms with Crippen LogP contribution < -0.4 is 10.6 Å². The topological polar surface area (TPSA) is 78.4 Å².